The largest absolute Gasteiger partial charge is 0.481 e. The molecule has 0 radical (unpaired) electrons. The summed E-state index contributed by atoms with van der Waals surface area (Å²) < 4.78 is 0. The first kappa shape index (κ1) is 14.7. The van der Waals surface area contributed by atoms with Gasteiger partial charge in [-0.25, -0.2) is 0 Å². The second-order valence-corrected chi connectivity index (χ2v) is 4.79. The predicted molar refractivity (Wildman–Crippen MR) is 74.7 cm³/mol. The molecule has 2 N–H and O–H groups in total. The van der Waals surface area contributed by atoms with Crippen molar-refractivity contribution in [3.63, 3.8) is 0 Å². The van der Waals surface area contributed by atoms with Crippen molar-refractivity contribution in [2.75, 3.05) is 5.32 Å². The van der Waals surface area contributed by atoms with E-state index in [9.17, 15) is 19.7 Å². The van der Waals surface area contributed by atoms with Crippen molar-refractivity contribution in [3.05, 3.63) is 46.5 Å². The van der Waals surface area contributed by atoms with E-state index in [1.165, 1.54) is 24.3 Å². The lowest BCUT2D eigenvalue weighted by molar-refractivity contribution is -0.384. The summed E-state index contributed by atoms with van der Waals surface area (Å²) in [6.07, 6.45) is 4.25. The number of aliphatic carboxylic acids is 1. The van der Waals surface area contributed by atoms with Crippen molar-refractivity contribution in [2.45, 2.75) is 12.8 Å². The molecular formula is C14H14N2O5. The lowest BCUT2D eigenvalue weighted by Gasteiger charge is -2.24. The number of benzene rings is 1. The Bertz CT molecular complexity index is 594. The summed E-state index contributed by atoms with van der Waals surface area (Å²) in [6.45, 7) is 0. The number of carboxylic acids is 1. The number of carboxylic acid groups (broad SMARTS) is 1. The molecule has 0 saturated carbocycles. The maximum absolute atomic E-state index is 12.2. The summed E-state index contributed by atoms with van der Waals surface area (Å²) in [6, 6.07) is 5.41. The number of hydrogen-bond donors (Lipinski definition) is 2. The van der Waals surface area contributed by atoms with Gasteiger partial charge in [0.1, 0.15) is 0 Å². The number of nitro groups is 1. The highest BCUT2D eigenvalue weighted by molar-refractivity contribution is 5.95. The third-order valence-corrected chi connectivity index (χ3v) is 3.43. The van der Waals surface area contributed by atoms with Gasteiger partial charge in [0.2, 0.25) is 5.91 Å². The van der Waals surface area contributed by atoms with Crippen LogP contribution in [0.2, 0.25) is 0 Å². The molecule has 110 valence electrons. The molecule has 0 spiro atoms. The Morgan fingerprint density at radius 3 is 2.24 bits per heavy atom. The first-order chi connectivity index (χ1) is 9.99. The minimum atomic E-state index is -0.997. The van der Waals surface area contributed by atoms with E-state index in [0.717, 1.165) is 0 Å². The minimum Gasteiger partial charge on any atom is -0.481 e. The lowest BCUT2D eigenvalue weighted by atomic mass is 9.82. The number of nitro benzene ring substituents is 1. The molecule has 1 amide bonds. The van der Waals surface area contributed by atoms with E-state index in [-0.39, 0.29) is 11.6 Å². The van der Waals surface area contributed by atoms with Crippen LogP contribution in [0.1, 0.15) is 12.8 Å². The number of hydrogen-bond acceptors (Lipinski definition) is 4. The Hall–Kier alpha value is -2.70. The summed E-state index contributed by atoms with van der Waals surface area (Å²) in [5, 5.41) is 22.3. The summed E-state index contributed by atoms with van der Waals surface area (Å²) in [4.78, 5) is 33.3. The number of rotatable bonds is 4. The maximum atomic E-state index is 12.2. The number of nitrogens with one attached hydrogen (secondary N) is 1. The van der Waals surface area contributed by atoms with Gasteiger partial charge < -0.3 is 10.4 Å². The second kappa shape index (κ2) is 6.17. The van der Waals surface area contributed by atoms with E-state index in [0.29, 0.717) is 18.5 Å². The molecule has 0 saturated heterocycles. The number of carbonyl (C=O) groups is 2. The summed E-state index contributed by atoms with van der Waals surface area (Å²) in [5.41, 5.74) is 0.335. The fourth-order valence-corrected chi connectivity index (χ4v) is 2.28. The summed E-state index contributed by atoms with van der Waals surface area (Å²) >= 11 is 0. The molecule has 1 aliphatic rings. The van der Waals surface area contributed by atoms with E-state index in [2.05, 4.69) is 5.32 Å². The second-order valence-electron chi connectivity index (χ2n) is 4.79. The van der Waals surface area contributed by atoms with Gasteiger partial charge in [-0.15, -0.1) is 0 Å². The van der Waals surface area contributed by atoms with Crippen molar-refractivity contribution < 1.29 is 19.6 Å². The van der Waals surface area contributed by atoms with Crippen LogP contribution in [0, 0.1) is 22.0 Å². The fourth-order valence-electron chi connectivity index (χ4n) is 2.28. The van der Waals surface area contributed by atoms with Crippen LogP contribution in [0.3, 0.4) is 0 Å². The summed E-state index contributed by atoms with van der Waals surface area (Å²) in [7, 11) is 0. The fraction of sp³-hybridized carbons (Fsp3) is 0.286. The normalized spacial score (nSPS) is 20.8. The third kappa shape index (κ3) is 3.44. The van der Waals surface area contributed by atoms with Gasteiger partial charge in [-0.3, -0.25) is 19.7 Å². The SMILES string of the molecule is O=C(O)[C@@H]1CC=CC[C@H]1C(=O)Nc1ccc([N+](=O)[O-])cc1. The van der Waals surface area contributed by atoms with Crippen molar-refractivity contribution in [1.82, 2.24) is 0 Å². The predicted octanol–water partition coefficient (Wildman–Crippen LogP) is 2.20. The van der Waals surface area contributed by atoms with Crippen molar-refractivity contribution in [1.29, 1.82) is 0 Å². The minimum absolute atomic E-state index is 0.0722. The molecule has 0 heterocycles. The standard InChI is InChI=1S/C14H14N2O5/c17-13(11-3-1-2-4-12(11)14(18)19)15-9-5-7-10(8-6-9)16(20)21/h1-2,5-8,11-12H,3-4H2,(H,15,17)(H,18,19)/t11-,12-/m1/s1. The molecule has 0 unspecified atom stereocenters. The molecule has 21 heavy (non-hydrogen) atoms. The van der Waals surface area contributed by atoms with Gasteiger partial charge in [-0.05, 0) is 25.0 Å². The zero-order chi connectivity index (χ0) is 15.4. The molecule has 0 bridgehead atoms. The van der Waals surface area contributed by atoms with Crippen LogP contribution in [0.15, 0.2) is 36.4 Å². The lowest BCUT2D eigenvalue weighted by Crippen LogP contribution is -2.34. The van der Waals surface area contributed by atoms with E-state index in [4.69, 9.17) is 5.11 Å². The topological polar surface area (TPSA) is 110 Å². The van der Waals surface area contributed by atoms with E-state index >= 15 is 0 Å². The molecule has 1 aromatic carbocycles. The van der Waals surface area contributed by atoms with Gasteiger partial charge >= 0.3 is 5.97 Å². The number of carbonyl (C=O) groups excluding carboxylic acids is 1. The monoisotopic (exact) mass is 290 g/mol. The van der Waals surface area contributed by atoms with Gasteiger partial charge in [0, 0.05) is 17.8 Å². The highest BCUT2D eigenvalue weighted by Gasteiger charge is 2.33. The van der Waals surface area contributed by atoms with Gasteiger partial charge in [0.05, 0.1) is 16.8 Å². The van der Waals surface area contributed by atoms with Crippen LogP contribution in [-0.4, -0.2) is 21.9 Å². The molecule has 0 aromatic heterocycles. The van der Waals surface area contributed by atoms with E-state index < -0.39 is 22.7 Å². The van der Waals surface area contributed by atoms with E-state index in [1.807, 2.05) is 0 Å². The van der Waals surface area contributed by atoms with Crippen LogP contribution in [0.4, 0.5) is 11.4 Å². The third-order valence-electron chi connectivity index (χ3n) is 3.43. The molecule has 0 aliphatic heterocycles. The van der Waals surface area contributed by atoms with Gasteiger partial charge in [0.15, 0.2) is 0 Å². The van der Waals surface area contributed by atoms with Gasteiger partial charge in [-0.1, -0.05) is 12.2 Å². The smallest absolute Gasteiger partial charge is 0.307 e. The first-order valence-electron chi connectivity index (χ1n) is 6.42. The van der Waals surface area contributed by atoms with E-state index in [1.54, 1.807) is 12.2 Å². The zero-order valence-electron chi connectivity index (χ0n) is 11.1. The highest BCUT2D eigenvalue weighted by Crippen LogP contribution is 2.27. The Kier molecular flexibility index (Phi) is 4.32. The Labute approximate surface area is 120 Å². The number of amides is 1. The Morgan fingerprint density at radius 1 is 1.14 bits per heavy atom. The number of nitrogens with zero attached hydrogens (tertiary/aromatic N) is 1. The summed E-state index contributed by atoms with van der Waals surface area (Å²) in [5.74, 6) is -2.76. The Balaban J connectivity index is 2.08. The van der Waals surface area contributed by atoms with Crippen LogP contribution >= 0.6 is 0 Å². The van der Waals surface area contributed by atoms with Gasteiger partial charge in [0.25, 0.3) is 5.69 Å². The van der Waals surface area contributed by atoms with Crippen LogP contribution < -0.4 is 5.32 Å². The average Bonchev–Trinajstić information content (AvgIpc) is 2.47. The number of anilines is 1. The number of allylic oxidation sites excluding steroid dienone is 2. The highest BCUT2D eigenvalue weighted by atomic mass is 16.6. The van der Waals surface area contributed by atoms with Crippen molar-refractivity contribution in [2.24, 2.45) is 11.8 Å². The van der Waals surface area contributed by atoms with Crippen LogP contribution in [-0.2, 0) is 9.59 Å². The molecular weight excluding hydrogens is 276 g/mol. The van der Waals surface area contributed by atoms with Crippen LogP contribution in [0.5, 0.6) is 0 Å². The molecule has 1 aromatic rings. The molecule has 7 nitrogen and oxygen atoms in total. The average molecular weight is 290 g/mol. The van der Waals surface area contributed by atoms with Crippen molar-refractivity contribution >= 4 is 23.3 Å². The van der Waals surface area contributed by atoms with Gasteiger partial charge in [-0.2, -0.15) is 0 Å². The number of non-ortho nitro benzene ring substituents is 1. The molecule has 7 heteroatoms. The first-order valence-corrected chi connectivity index (χ1v) is 6.42. The molecule has 1 aliphatic carbocycles. The quantitative estimate of drug-likeness (QED) is 0.502. The molecule has 0 fully saturated rings. The maximum Gasteiger partial charge on any atom is 0.307 e. The van der Waals surface area contributed by atoms with Crippen molar-refractivity contribution in [3.8, 4) is 0 Å². The molecule has 2 rings (SSSR count). The molecule has 2 atom stereocenters. The van der Waals surface area contributed by atoms with Crippen LogP contribution in [0.25, 0.3) is 0 Å². The zero-order valence-corrected chi connectivity index (χ0v) is 11.1. The Morgan fingerprint density at radius 2 is 1.71 bits per heavy atom.